The first-order valence-electron chi connectivity index (χ1n) is 7.39. The van der Waals surface area contributed by atoms with Crippen LogP contribution in [-0.4, -0.2) is 22.5 Å². The zero-order chi connectivity index (χ0) is 15.1. The molecule has 2 amide bonds. The Morgan fingerprint density at radius 3 is 2.05 bits per heavy atom. The van der Waals surface area contributed by atoms with Crippen molar-refractivity contribution < 1.29 is 9.59 Å². The fourth-order valence-corrected chi connectivity index (χ4v) is 3.09. The zero-order valence-electron chi connectivity index (χ0n) is 12.0. The lowest BCUT2D eigenvalue weighted by atomic mass is 9.90. The molecule has 0 bridgehead atoms. The normalized spacial score (nSPS) is 18.5. The number of aryl methyl sites for hydroxylation is 1. The minimum atomic E-state index is -0.337. The van der Waals surface area contributed by atoms with Gasteiger partial charge >= 0.3 is 0 Å². The van der Waals surface area contributed by atoms with Crippen LogP contribution in [0.5, 0.6) is 0 Å². The smallest absolute Gasteiger partial charge is 0.267 e. The van der Waals surface area contributed by atoms with E-state index in [-0.39, 0.29) is 11.8 Å². The van der Waals surface area contributed by atoms with E-state index in [0.29, 0.717) is 11.1 Å². The number of carbonyl (C=O) groups is 2. The fourth-order valence-electron chi connectivity index (χ4n) is 3.09. The first-order chi connectivity index (χ1) is 10.8. The molecule has 2 aliphatic rings. The second-order valence-electron chi connectivity index (χ2n) is 5.53. The Balaban J connectivity index is 1.77. The Hall–Kier alpha value is -2.75. The molecule has 0 spiro atoms. The van der Waals surface area contributed by atoms with Crippen molar-refractivity contribution >= 4 is 17.5 Å². The molecular weight excluding hydrogens is 276 g/mol. The van der Waals surface area contributed by atoms with E-state index in [1.807, 2.05) is 18.2 Å². The Labute approximate surface area is 128 Å². The number of amides is 2. The highest BCUT2D eigenvalue weighted by molar-refractivity contribution is 6.22. The molecule has 1 aliphatic heterocycles. The molecule has 4 nitrogen and oxygen atoms in total. The van der Waals surface area contributed by atoms with Gasteiger partial charge in [-0.05, 0) is 37.0 Å². The van der Waals surface area contributed by atoms with Crippen molar-refractivity contribution in [3.05, 3.63) is 70.8 Å². The highest BCUT2D eigenvalue weighted by Crippen LogP contribution is 2.26. The predicted octanol–water partition coefficient (Wildman–Crippen LogP) is 3.02. The third kappa shape index (κ3) is 1.88. The number of nitrogens with zero attached hydrogens (tertiary/aromatic N) is 2. The lowest BCUT2D eigenvalue weighted by Gasteiger charge is -2.19. The van der Waals surface area contributed by atoms with Crippen LogP contribution in [-0.2, 0) is 6.42 Å². The van der Waals surface area contributed by atoms with Crippen LogP contribution < -0.4 is 0 Å². The van der Waals surface area contributed by atoms with Gasteiger partial charge in [0.2, 0.25) is 0 Å². The molecule has 4 rings (SSSR count). The number of rotatable bonds is 1. The Morgan fingerprint density at radius 2 is 1.36 bits per heavy atom. The maximum absolute atomic E-state index is 12.4. The molecule has 1 heterocycles. The third-order valence-electron chi connectivity index (χ3n) is 4.18. The second kappa shape index (κ2) is 4.91. The molecule has 108 valence electrons. The van der Waals surface area contributed by atoms with E-state index in [2.05, 4.69) is 11.2 Å². The molecule has 0 aromatic heterocycles. The number of carbonyl (C=O) groups excluding carboxylic acids is 2. The largest absolute Gasteiger partial charge is 0.282 e. The van der Waals surface area contributed by atoms with E-state index in [0.717, 1.165) is 35.5 Å². The Bertz CT molecular complexity index is 788. The minimum absolute atomic E-state index is 0.337. The minimum Gasteiger partial charge on any atom is -0.267 e. The van der Waals surface area contributed by atoms with Crippen LogP contribution in [0.4, 0.5) is 0 Å². The lowest BCUT2D eigenvalue weighted by Crippen LogP contribution is -2.27. The van der Waals surface area contributed by atoms with Gasteiger partial charge in [-0.1, -0.05) is 36.4 Å². The average Bonchev–Trinajstić information content (AvgIpc) is 2.81. The Kier molecular flexibility index (Phi) is 2.89. The summed E-state index contributed by atoms with van der Waals surface area (Å²) in [7, 11) is 0. The molecule has 22 heavy (non-hydrogen) atoms. The molecule has 0 fully saturated rings. The van der Waals surface area contributed by atoms with E-state index in [9.17, 15) is 9.59 Å². The van der Waals surface area contributed by atoms with Gasteiger partial charge in [-0.2, -0.15) is 10.1 Å². The van der Waals surface area contributed by atoms with Gasteiger partial charge in [0, 0.05) is 5.56 Å². The summed E-state index contributed by atoms with van der Waals surface area (Å²) < 4.78 is 0. The molecule has 4 heteroatoms. The van der Waals surface area contributed by atoms with Crippen LogP contribution >= 0.6 is 0 Å². The van der Waals surface area contributed by atoms with Crippen molar-refractivity contribution in [1.29, 1.82) is 0 Å². The Morgan fingerprint density at radius 1 is 0.773 bits per heavy atom. The van der Waals surface area contributed by atoms with Gasteiger partial charge in [0.1, 0.15) is 0 Å². The maximum Gasteiger partial charge on any atom is 0.282 e. The number of imide groups is 1. The van der Waals surface area contributed by atoms with E-state index in [1.165, 1.54) is 5.56 Å². The summed E-state index contributed by atoms with van der Waals surface area (Å²) in [4.78, 5) is 24.8. The summed E-state index contributed by atoms with van der Waals surface area (Å²) in [6, 6.07) is 14.9. The molecule has 2 aromatic carbocycles. The van der Waals surface area contributed by atoms with Crippen molar-refractivity contribution in [3.63, 3.8) is 0 Å². The monoisotopic (exact) mass is 290 g/mol. The van der Waals surface area contributed by atoms with Gasteiger partial charge in [0.05, 0.1) is 16.8 Å². The zero-order valence-corrected chi connectivity index (χ0v) is 12.0. The fraction of sp³-hybridized carbons (Fsp3) is 0.167. The summed E-state index contributed by atoms with van der Waals surface area (Å²) in [5.41, 5.74) is 3.95. The molecule has 0 unspecified atom stereocenters. The van der Waals surface area contributed by atoms with Crippen molar-refractivity contribution in [2.45, 2.75) is 19.3 Å². The quantitative estimate of drug-likeness (QED) is 0.758. The molecule has 2 aromatic rings. The molecule has 0 radical (unpaired) electrons. The molecule has 1 aliphatic carbocycles. The number of hydrogen-bond donors (Lipinski definition) is 0. The number of fused-ring (bicyclic) bond motifs is 2. The molecule has 0 saturated heterocycles. The first-order valence-corrected chi connectivity index (χ1v) is 7.39. The van der Waals surface area contributed by atoms with Crippen LogP contribution in [0.2, 0.25) is 0 Å². The van der Waals surface area contributed by atoms with Crippen molar-refractivity contribution in [3.8, 4) is 0 Å². The van der Waals surface area contributed by atoms with E-state index in [4.69, 9.17) is 0 Å². The van der Waals surface area contributed by atoms with E-state index < -0.39 is 0 Å². The summed E-state index contributed by atoms with van der Waals surface area (Å²) in [6.07, 6.45) is 2.78. The van der Waals surface area contributed by atoms with Gasteiger partial charge in [0.15, 0.2) is 0 Å². The highest BCUT2D eigenvalue weighted by atomic mass is 16.2. The molecular formula is C18H14N2O2. The molecule has 0 saturated carbocycles. The van der Waals surface area contributed by atoms with E-state index in [1.54, 1.807) is 24.3 Å². The van der Waals surface area contributed by atoms with E-state index >= 15 is 0 Å². The summed E-state index contributed by atoms with van der Waals surface area (Å²) in [5, 5.41) is 5.42. The maximum atomic E-state index is 12.4. The van der Waals surface area contributed by atoms with Gasteiger partial charge < -0.3 is 0 Å². The SMILES string of the molecule is O=C1c2ccccc2C(=O)N1N=C1CCCc2ccccc21. The number of benzene rings is 2. The predicted molar refractivity (Wildman–Crippen MR) is 82.9 cm³/mol. The van der Waals surface area contributed by atoms with Crippen LogP contribution in [0.3, 0.4) is 0 Å². The van der Waals surface area contributed by atoms with Crippen molar-refractivity contribution in [1.82, 2.24) is 5.01 Å². The second-order valence-corrected chi connectivity index (χ2v) is 5.53. The standard InChI is InChI=1S/C18H14N2O2/c21-17-14-9-3-4-10-15(14)18(22)20(17)19-16-11-5-7-12-6-1-2-8-13(12)16/h1-4,6,8-10H,5,7,11H2. The number of hydrazone groups is 1. The topological polar surface area (TPSA) is 49.7 Å². The first kappa shape index (κ1) is 13.0. The van der Waals surface area contributed by atoms with Crippen LogP contribution in [0, 0.1) is 0 Å². The number of hydrogen-bond acceptors (Lipinski definition) is 3. The molecule has 0 N–H and O–H groups in total. The summed E-state index contributed by atoms with van der Waals surface area (Å²) in [6.45, 7) is 0. The van der Waals surface area contributed by atoms with Gasteiger partial charge in [0.25, 0.3) is 11.8 Å². The highest BCUT2D eigenvalue weighted by Gasteiger charge is 2.36. The summed E-state index contributed by atoms with van der Waals surface area (Å²) >= 11 is 0. The van der Waals surface area contributed by atoms with Gasteiger partial charge in [-0.25, -0.2) is 0 Å². The van der Waals surface area contributed by atoms with Gasteiger partial charge in [-0.15, -0.1) is 0 Å². The molecule has 0 atom stereocenters. The third-order valence-corrected chi connectivity index (χ3v) is 4.18. The van der Waals surface area contributed by atoms with Crippen molar-refractivity contribution in [2.24, 2.45) is 5.10 Å². The summed E-state index contributed by atoms with van der Waals surface area (Å²) in [5.74, 6) is -0.674. The van der Waals surface area contributed by atoms with Crippen LogP contribution in [0.15, 0.2) is 53.6 Å². The average molecular weight is 290 g/mol. The lowest BCUT2D eigenvalue weighted by molar-refractivity contribution is 0.0658. The van der Waals surface area contributed by atoms with Crippen LogP contribution in [0.1, 0.15) is 44.7 Å². The van der Waals surface area contributed by atoms with Gasteiger partial charge in [-0.3, -0.25) is 9.59 Å². The van der Waals surface area contributed by atoms with Crippen LogP contribution in [0.25, 0.3) is 0 Å². The van der Waals surface area contributed by atoms with Crippen molar-refractivity contribution in [2.75, 3.05) is 0 Å².